The Bertz CT molecular complexity index is 1080. The molecule has 30 heavy (non-hydrogen) atoms. The summed E-state index contributed by atoms with van der Waals surface area (Å²) in [7, 11) is 0. The van der Waals surface area contributed by atoms with Crippen molar-refractivity contribution in [3.05, 3.63) is 63.7 Å². The van der Waals surface area contributed by atoms with Crippen LogP contribution in [0.5, 0.6) is 5.75 Å². The average Bonchev–Trinajstić information content (AvgIpc) is 2.71. The van der Waals surface area contributed by atoms with E-state index in [2.05, 4.69) is 15.6 Å². The molecular formula is C20H18N6O4. The molecule has 1 aliphatic heterocycles. The van der Waals surface area contributed by atoms with Crippen molar-refractivity contribution >= 4 is 17.3 Å². The molecule has 3 N–H and O–H groups in total. The van der Waals surface area contributed by atoms with Crippen molar-refractivity contribution in [2.24, 2.45) is 4.99 Å². The maximum atomic E-state index is 10.9. The second-order valence-electron chi connectivity index (χ2n) is 7.10. The van der Waals surface area contributed by atoms with Crippen molar-refractivity contribution in [1.82, 2.24) is 5.32 Å². The van der Waals surface area contributed by atoms with Crippen LogP contribution in [0.3, 0.4) is 0 Å². The second-order valence-corrected chi connectivity index (χ2v) is 7.10. The number of hydrogen-bond acceptors (Lipinski definition) is 7. The fourth-order valence-electron chi connectivity index (χ4n) is 3.07. The van der Waals surface area contributed by atoms with Gasteiger partial charge in [-0.15, -0.1) is 0 Å². The number of non-ortho nitro benzene ring substituents is 1. The molecule has 0 spiro atoms. The molecule has 10 heteroatoms. The lowest BCUT2D eigenvalue weighted by atomic mass is 9.86. The number of nitro benzene ring substituents is 1. The first-order chi connectivity index (χ1) is 14.2. The van der Waals surface area contributed by atoms with E-state index in [-0.39, 0.29) is 11.6 Å². The summed E-state index contributed by atoms with van der Waals surface area (Å²) >= 11 is 0. The second kappa shape index (κ2) is 8.07. The largest absolute Gasteiger partial charge is 0.485 e. The van der Waals surface area contributed by atoms with Gasteiger partial charge in [-0.25, -0.2) is 4.99 Å². The number of anilines is 1. The normalized spacial score (nSPS) is 19.4. The van der Waals surface area contributed by atoms with Crippen LogP contribution in [-0.4, -0.2) is 27.7 Å². The van der Waals surface area contributed by atoms with Crippen LogP contribution in [0.4, 0.5) is 11.4 Å². The van der Waals surface area contributed by atoms with Crippen LogP contribution in [0.25, 0.3) is 0 Å². The summed E-state index contributed by atoms with van der Waals surface area (Å²) in [6.45, 7) is 3.42. The molecule has 0 bridgehead atoms. The Kier molecular flexibility index (Phi) is 5.54. The molecule has 0 saturated heterocycles. The molecule has 1 aliphatic rings. The van der Waals surface area contributed by atoms with E-state index in [4.69, 9.17) is 10.00 Å². The molecule has 3 rings (SSSR count). The number of nitrogens with zero attached hydrogens (tertiary/aromatic N) is 4. The number of rotatable bonds is 3. The number of ether oxygens (including phenoxy) is 1. The molecule has 0 fully saturated rings. The summed E-state index contributed by atoms with van der Waals surface area (Å²) < 4.78 is 5.86. The topological polar surface area (TPSA) is 157 Å². The minimum atomic E-state index is -1.08. The number of aliphatic imine (C=N–C) groups is 1. The zero-order valence-corrected chi connectivity index (χ0v) is 16.2. The molecule has 0 amide bonds. The minimum absolute atomic E-state index is 0.0291. The van der Waals surface area contributed by atoms with Gasteiger partial charge in [0.1, 0.15) is 23.5 Å². The fraction of sp³-hybridized carbons (Fsp3) is 0.250. The smallest absolute Gasteiger partial charge is 0.269 e. The van der Waals surface area contributed by atoms with Crippen molar-refractivity contribution in [2.45, 2.75) is 31.6 Å². The first-order valence-corrected chi connectivity index (χ1v) is 8.90. The molecule has 10 nitrogen and oxygen atoms in total. The van der Waals surface area contributed by atoms with Crippen molar-refractivity contribution in [1.29, 1.82) is 10.5 Å². The number of nitriles is 2. The van der Waals surface area contributed by atoms with Gasteiger partial charge in [0.05, 0.1) is 16.6 Å². The number of benzene rings is 2. The summed E-state index contributed by atoms with van der Waals surface area (Å²) in [5, 5.41) is 45.3. The van der Waals surface area contributed by atoms with E-state index in [0.29, 0.717) is 22.6 Å². The van der Waals surface area contributed by atoms with E-state index in [9.17, 15) is 20.5 Å². The predicted molar refractivity (Wildman–Crippen MR) is 108 cm³/mol. The van der Waals surface area contributed by atoms with Crippen LogP contribution in [0.1, 0.15) is 31.0 Å². The third-order valence-electron chi connectivity index (χ3n) is 4.63. The first kappa shape index (κ1) is 20.6. The van der Waals surface area contributed by atoms with E-state index >= 15 is 0 Å². The van der Waals surface area contributed by atoms with Gasteiger partial charge in [-0.3, -0.25) is 15.4 Å². The molecule has 0 aliphatic carbocycles. The van der Waals surface area contributed by atoms with Gasteiger partial charge in [-0.1, -0.05) is 0 Å². The molecule has 0 unspecified atom stereocenters. The van der Waals surface area contributed by atoms with Crippen LogP contribution in [0, 0.1) is 32.9 Å². The highest BCUT2D eigenvalue weighted by atomic mass is 16.6. The summed E-state index contributed by atoms with van der Waals surface area (Å²) in [6.07, 6.45) is 0.697. The number of nitro groups is 1. The molecular weight excluding hydrogens is 388 g/mol. The summed E-state index contributed by atoms with van der Waals surface area (Å²) in [6, 6.07) is 11.6. The van der Waals surface area contributed by atoms with Gasteiger partial charge in [-0.05, 0) is 44.2 Å². The quantitative estimate of drug-likeness (QED) is 0.175. The van der Waals surface area contributed by atoms with Crippen LogP contribution < -0.4 is 15.4 Å². The maximum Gasteiger partial charge on any atom is 0.269 e. The molecule has 1 heterocycles. The standard InChI is InChI=1S/C20H18N6O4/c1-20(2)18(27)17(15-9-12(10-21)3-8-16(15)30-20)25-19(23-11-22)24-13-4-6-14(7-5-13)26(28)29/h3-9,17-18,27H,1-2H3,(H2,23,24,25)/t17-,18+/m0/s1. The highest BCUT2D eigenvalue weighted by molar-refractivity contribution is 5.94. The molecule has 2 atom stereocenters. The Hall–Kier alpha value is -4.15. The SMILES string of the molecule is CC1(C)Oc2ccc(C#N)cc2[C@H](N=C(NC#N)Nc2ccc([N+](=O)[O-])cc2)[C@H]1O. The average molecular weight is 406 g/mol. The Morgan fingerprint density at radius 2 is 1.97 bits per heavy atom. The molecule has 0 saturated carbocycles. The van der Waals surface area contributed by atoms with Crippen LogP contribution in [-0.2, 0) is 0 Å². The number of hydrogen-bond donors (Lipinski definition) is 3. The van der Waals surface area contributed by atoms with Gasteiger partial charge in [0.15, 0.2) is 6.19 Å². The molecule has 2 aromatic carbocycles. The molecule has 152 valence electrons. The number of nitrogens with one attached hydrogen (secondary N) is 2. The summed E-state index contributed by atoms with van der Waals surface area (Å²) in [5.74, 6) is 0.506. The first-order valence-electron chi connectivity index (χ1n) is 8.90. The van der Waals surface area contributed by atoms with Gasteiger partial charge < -0.3 is 15.2 Å². The Morgan fingerprint density at radius 3 is 2.57 bits per heavy atom. The van der Waals surface area contributed by atoms with E-state index in [1.165, 1.54) is 24.3 Å². The van der Waals surface area contributed by atoms with Crippen molar-refractivity contribution < 1.29 is 14.8 Å². The Morgan fingerprint density at radius 1 is 1.27 bits per heavy atom. The monoisotopic (exact) mass is 406 g/mol. The highest BCUT2D eigenvalue weighted by Crippen LogP contribution is 2.42. The summed E-state index contributed by atoms with van der Waals surface area (Å²) in [5.41, 5.74) is 0.285. The van der Waals surface area contributed by atoms with Crippen LogP contribution in [0.15, 0.2) is 47.5 Å². The lowest BCUT2D eigenvalue weighted by molar-refractivity contribution is -0.384. The summed E-state index contributed by atoms with van der Waals surface area (Å²) in [4.78, 5) is 14.8. The number of aliphatic hydroxyl groups excluding tert-OH is 1. The van der Waals surface area contributed by atoms with E-state index in [1.807, 2.05) is 6.07 Å². The lowest BCUT2D eigenvalue weighted by Crippen LogP contribution is -2.49. The van der Waals surface area contributed by atoms with E-state index in [0.717, 1.165) is 0 Å². The van der Waals surface area contributed by atoms with Crippen molar-refractivity contribution in [3.63, 3.8) is 0 Å². The lowest BCUT2D eigenvalue weighted by Gasteiger charge is -2.40. The van der Waals surface area contributed by atoms with Crippen molar-refractivity contribution in [3.8, 4) is 18.0 Å². The molecule has 0 aromatic heterocycles. The van der Waals surface area contributed by atoms with Gasteiger partial charge in [0, 0.05) is 23.4 Å². The fourth-order valence-corrected chi connectivity index (χ4v) is 3.07. The maximum absolute atomic E-state index is 10.9. The predicted octanol–water partition coefficient (Wildman–Crippen LogP) is 2.58. The molecule has 0 radical (unpaired) electrons. The van der Waals surface area contributed by atoms with Crippen LogP contribution >= 0.6 is 0 Å². The minimum Gasteiger partial charge on any atom is -0.485 e. The zero-order valence-electron chi connectivity index (χ0n) is 16.2. The number of guanidine groups is 1. The zero-order chi connectivity index (χ0) is 21.9. The number of fused-ring (bicyclic) bond motifs is 1. The Balaban J connectivity index is 2.00. The highest BCUT2D eigenvalue weighted by Gasteiger charge is 2.43. The number of aliphatic hydroxyl groups is 1. The van der Waals surface area contributed by atoms with E-state index in [1.54, 1.807) is 38.2 Å². The van der Waals surface area contributed by atoms with Gasteiger partial charge in [0.2, 0.25) is 5.96 Å². The van der Waals surface area contributed by atoms with Crippen LogP contribution in [0.2, 0.25) is 0 Å². The van der Waals surface area contributed by atoms with Gasteiger partial charge in [0.25, 0.3) is 5.69 Å². The molecule has 2 aromatic rings. The van der Waals surface area contributed by atoms with E-state index < -0.39 is 22.7 Å². The Labute approximate surface area is 172 Å². The third-order valence-corrected chi connectivity index (χ3v) is 4.63. The van der Waals surface area contributed by atoms with Gasteiger partial charge >= 0.3 is 0 Å². The third kappa shape index (κ3) is 4.14. The van der Waals surface area contributed by atoms with Crippen molar-refractivity contribution in [2.75, 3.05) is 5.32 Å². The van der Waals surface area contributed by atoms with Gasteiger partial charge in [-0.2, -0.15) is 10.5 Å².